The molecule has 2 fully saturated rings. The van der Waals surface area contributed by atoms with Gasteiger partial charge in [-0.2, -0.15) is 5.10 Å². The normalized spacial score (nSPS) is 17.7. The molecule has 1 unspecified atom stereocenters. The van der Waals surface area contributed by atoms with Gasteiger partial charge in [-0.25, -0.2) is 9.97 Å². The summed E-state index contributed by atoms with van der Waals surface area (Å²) < 4.78 is 57.8. The third kappa shape index (κ3) is 9.14. The van der Waals surface area contributed by atoms with Crippen LogP contribution < -0.4 is 31.3 Å². The topological polar surface area (TPSA) is 211 Å². The molecule has 5 heterocycles. The molecule has 1 atom stereocenters. The van der Waals surface area contributed by atoms with Crippen LogP contribution in [0.3, 0.4) is 0 Å². The average Bonchev–Trinajstić information content (AvgIpc) is 3.73. The fraction of sp³-hybridized carbons (Fsp3) is 0.439. The maximum Gasteiger partial charge on any atom is 0.573 e. The average molecular weight is 862 g/mol. The number of piperidine rings is 1. The Hall–Kier alpha value is -6.32. The van der Waals surface area contributed by atoms with Crippen LogP contribution in [-0.4, -0.2) is 138 Å². The van der Waals surface area contributed by atoms with Gasteiger partial charge in [-0.1, -0.05) is 6.07 Å². The molecule has 5 N–H and O–H groups in total. The maximum atomic E-state index is 13.5. The second kappa shape index (κ2) is 18.0. The number of nitrogens with zero attached hydrogens (tertiary/aromatic N) is 7. The maximum absolute atomic E-state index is 13.5. The monoisotopic (exact) mass is 861 g/mol. The Labute approximate surface area is 353 Å². The number of fused-ring (bicyclic) bond motifs is 4. The van der Waals surface area contributed by atoms with Crippen LogP contribution in [0.4, 0.5) is 36.2 Å². The molecule has 62 heavy (non-hydrogen) atoms. The molecular formula is C41H46F3N11O7. The molecule has 0 spiro atoms. The van der Waals surface area contributed by atoms with E-state index in [-0.39, 0.29) is 54.1 Å². The lowest BCUT2D eigenvalue weighted by Crippen LogP contribution is -2.50. The predicted octanol–water partition coefficient (Wildman–Crippen LogP) is 2.86. The van der Waals surface area contributed by atoms with E-state index >= 15 is 0 Å². The predicted molar refractivity (Wildman–Crippen MR) is 218 cm³/mol. The number of hydrogen-bond acceptors (Lipinski definition) is 14. The van der Waals surface area contributed by atoms with Crippen molar-refractivity contribution in [2.45, 2.75) is 38.1 Å². The molecule has 4 aliphatic rings. The number of nitrogens with one attached hydrogen (secondary N) is 3. The number of aromatic nitrogens is 4. The zero-order chi connectivity index (χ0) is 43.5. The van der Waals surface area contributed by atoms with Gasteiger partial charge in [0.2, 0.25) is 11.9 Å². The van der Waals surface area contributed by atoms with Crippen molar-refractivity contribution in [2.75, 3.05) is 87.8 Å². The molecular weight excluding hydrogens is 816 g/mol. The van der Waals surface area contributed by atoms with Gasteiger partial charge in [0.25, 0.3) is 17.7 Å². The quantitative estimate of drug-likeness (QED) is 0.0944. The number of nitrogens with two attached hydrogens (primary N) is 1. The number of carbonyl (C=O) groups is 4. The molecule has 3 aliphatic heterocycles. The van der Waals surface area contributed by atoms with Crippen molar-refractivity contribution in [1.82, 2.24) is 34.9 Å². The molecule has 0 saturated carbocycles. The summed E-state index contributed by atoms with van der Waals surface area (Å²) in [6, 6.07) is 9.19. The van der Waals surface area contributed by atoms with Crippen LogP contribution in [0.25, 0.3) is 11.4 Å². The number of piperazine rings is 1. The van der Waals surface area contributed by atoms with E-state index in [2.05, 4.69) is 45.6 Å². The minimum atomic E-state index is -4.93. The van der Waals surface area contributed by atoms with Crippen LogP contribution in [0.1, 0.15) is 55.2 Å². The number of amides is 4. The smallest absolute Gasteiger partial charge is 0.404 e. The number of aryl methyl sites for hydroxylation is 2. The van der Waals surface area contributed by atoms with Gasteiger partial charge in [0.1, 0.15) is 0 Å². The summed E-state index contributed by atoms with van der Waals surface area (Å²) in [5.74, 6) is -1.86. The third-order valence-corrected chi connectivity index (χ3v) is 11.3. The minimum Gasteiger partial charge on any atom is -0.404 e. The van der Waals surface area contributed by atoms with Crippen LogP contribution in [0.15, 0.2) is 42.6 Å². The van der Waals surface area contributed by atoms with Crippen molar-refractivity contribution >= 4 is 46.6 Å². The van der Waals surface area contributed by atoms with E-state index in [4.69, 9.17) is 15.2 Å². The first-order chi connectivity index (χ1) is 29.8. The summed E-state index contributed by atoms with van der Waals surface area (Å²) in [6.45, 7) is 5.58. The van der Waals surface area contributed by atoms with Crippen LogP contribution in [-0.2, 0) is 34.2 Å². The Balaban J connectivity index is 0.780. The summed E-state index contributed by atoms with van der Waals surface area (Å²) in [5, 5.41) is 13.1. The first kappa shape index (κ1) is 42.4. The first-order valence-corrected chi connectivity index (χ1v) is 20.4. The summed E-state index contributed by atoms with van der Waals surface area (Å²) in [6.07, 6.45) is -1.56. The molecule has 0 radical (unpaired) electrons. The number of rotatable bonds is 16. The molecule has 1 aliphatic carbocycles. The number of hydrogen-bond donors (Lipinski definition) is 4. The van der Waals surface area contributed by atoms with Gasteiger partial charge in [0.05, 0.1) is 60.7 Å². The lowest BCUT2D eigenvalue weighted by Gasteiger charge is -2.36. The van der Waals surface area contributed by atoms with Crippen molar-refractivity contribution < 1.29 is 46.6 Å². The number of halogens is 3. The van der Waals surface area contributed by atoms with Crippen molar-refractivity contribution in [3.63, 3.8) is 0 Å². The van der Waals surface area contributed by atoms with E-state index in [9.17, 15) is 32.3 Å². The zero-order valence-electron chi connectivity index (χ0n) is 33.9. The van der Waals surface area contributed by atoms with Gasteiger partial charge in [0, 0.05) is 82.4 Å². The molecule has 21 heteroatoms. The molecule has 0 bridgehead atoms. The SMILES string of the molecule is Cn1nc(C(N)=O)c2c1-c1nc(Nc3cc(N4CCN(CCOCCOCCNc5cccc6c5C(=O)N(C5CCC(=O)NC5)C6=O)CC4)ccc3OC(F)(F)F)ncc1CC2. The van der Waals surface area contributed by atoms with Crippen LogP contribution in [0.2, 0.25) is 0 Å². The fourth-order valence-electron chi connectivity index (χ4n) is 8.29. The largest absolute Gasteiger partial charge is 0.573 e. The second-order valence-electron chi connectivity index (χ2n) is 15.3. The lowest BCUT2D eigenvalue weighted by molar-refractivity contribution is -0.274. The number of alkyl halides is 3. The molecule has 2 saturated heterocycles. The Bertz CT molecular complexity index is 2360. The highest BCUT2D eigenvalue weighted by Crippen LogP contribution is 2.38. The number of ether oxygens (including phenoxy) is 3. The van der Waals surface area contributed by atoms with Crippen molar-refractivity contribution in [2.24, 2.45) is 12.8 Å². The lowest BCUT2D eigenvalue weighted by atomic mass is 9.93. The minimum absolute atomic E-state index is 0.0299. The number of anilines is 4. The van der Waals surface area contributed by atoms with E-state index in [0.717, 1.165) is 5.56 Å². The number of imide groups is 1. The summed E-state index contributed by atoms with van der Waals surface area (Å²) in [5.41, 5.74) is 10.2. The van der Waals surface area contributed by atoms with Gasteiger partial charge in [-0.15, -0.1) is 13.2 Å². The van der Waals surface area contributed by atoms with Gasteiger partial charge in [0.15, 0.2) is 11.4 Å². The summed E-state index contributed by atoms with van der Waals surface area (Å²) >= 11 is 0. The first-order valence-electron chi connectivity index (χ1n) is 20.4. The highest BCUT2D eigenvalue weighted by atomic mass is 19.4. The Morgan fingerprint density at radius 1 is 0.968 bits per heavy atom. The highest BCUT2D eigenvalue weighted by molar-refractivity contribution is 6.24. The van der Waals surface area contributed by atoms with E-state index in [1.807, 2.05) is 0 Å². The summed E-state index contributed by atoms with van der Waals surface area (Å²) in [4.78, 5) is 64.5. The Kier molecular flexibility index (Phi) is 12.3. The highest BCUT2D eigenvalue weighted by Gasteiger charge is 2.42. The molecule has 18 nitrogen and oxygen atoms in total. The number of carbonyl (C=O) groups excluding carboxylic acids is 4. The summed E-state index contributed by atoms with van der Waals surface area (Å²) in [7, 11) is 1.67. The molecule has 2 aromatic heterocycles. The van der Waals surface area contributed by atoms with E-state index in [1.165, 1.54) is 15.6 Å². The molecule has 8 rings (SSSR count). The fourth-order valence-corrected chi connectivity index (χ4v) is 8.29. The second-order valence-corrected chi connectivity index (χ2v) is 15.3. The van der Waals surface area contributed by atoms with Gasteiger partial charge in [-0.05, 0) is 55.2 Å². The standard InChI is InChI=1S/C41H46F3N11O7/c1-52-36-28(35(51-52)37(45)57)8-5-24-22-48-40(50-34(24)36)49-30-21-25(6-9-31(30)62-41(42,43)44)54-14-12-53(13-15-54)16-18-61-20-19-60-17-11-46-29-4-2-3-27-33(29)39(59)55(38(27)58)26-7-10-32(56)47-23-26/h2-4,6,9,21-22,26,46H,5,7-8,10-20,23H2,1H3,(H2,45,57)(H,47,56)(H,48,49,50). The van der Waals surface area contributed by atoms with Crippen LogP contribution >= 0.6 is 0 Å². The molecule has 2 aromatic carbocycles. The Morgan fingerprint density at radius 3 is 2.50 bits per heavy atom. The molecule has 328 valence electrons. The van der Waals surface area contributed by atoms with Gasteiger partial charge >= 0.3 is 6.36 Å². The van der Waals surface area contributed by atoms with Crippen LogP contribution in [0, 0.1) is 0 Å². The third-order valence-electron chi connectivity index (χ3n) is 11.3. The molecule has 4 aromatic rings. The molecule has 4 amide bonds. The van der Waals surface area contributed by atoms with Crippen LogP contribution in [0.5, 0.6) is 5.75 Å². The van der Waals surface area contributed by atoms with E-state index in [1.54, 1.807) is 43.6 Å². The van der Waals surface area contributed by atoms with E-state index < -0.39 is 18.0 Å². The number of benzene rings is 2. The zero-order valence-corrected chi connectivity index (χ0v) is 33.9. The van der Waals surface area contributed by atoms with Crippen molar-refractivity contribution in [3.8, 4) is 17.1 Å². The Morgan fingerprint density at radius 2 is 1.76 bits per heavy atom. The van der Waals surface area contributed by atoms with Gasteiger partial charge < -0.3 is 40.8 Å². The number of primary amides is 1. The van der Waals surface area contributed by atoms with Crippen molar-refractivity contribution in [3.05, 3.63) is 70.5 Å². The van der Waals surface area contributed by atoms with Crippen molar-refractivity contribution in [1.29, 1.82) is 0 Å². The van der Waals surface area contributed by atoms with E-state index in [0.29, 0.717) is 124 Å². The van der Waals surface area contributed by atoms with Gasteiger partial charge in [-0.3, -0.25) is 33.7 Å².